The number of methoxy groups -OCH3 is 1. The molecule has 1 aliphatic rings. The summed E-state index contributed by atoms with van der Waals surface area (Å²) in [4.78, 5) is 22.4. The zero-order valence-electron chi connectivity index (χ0n) is 19.4. The van der Waals surface area contributed by atoms with Crippen LogP contribution in [0.2, 0.25) is 5.02 Å². The molecule has 0 bridgehead atoms. The molecule has 0 unspecified atom stereocenters. The van der Waals surface area contributed by atoms with Crippen LogP contribution >= 0.6 is 23.4 Å². The number of aliphatic imine (C=N–C) groups is 2. The molecule has 1 N–H and O–H groups in total. The van der Waals surface area contributed by atoms with E-state index in [4.69, 9.17) is 26.3 Å². The third-order valence-electron chi connectivity index (χ3n) is 5.59. The molecule has 0 saturated heterocycles. The summed E-state index contributed by atoms with van der Waals surface area (Å²) in [6, 6.07) is 19.4. The molecule has 7 heteroatoms. The van der Waals surface area contributed by atoms with Crippen LogP contribution in [0.25, 0.3) is 0 Å². The van der Waals surface area contributed by atoms with Crippen LogP contribution in [0.1, 0.15) is 28.7 Å². The number of fused-ring (bicyclic) bond motifs is 1. The first-order valence-electron chi connectivity index (χ1n) is 11.0. The largest absolute Gasteiger partial charge is 0.497 e. The molecule has 3 aromatic carbocycles. The van der Waals surface area contributed by atoms with Gasteiger partial charge in [0.15, 0.2) is 0 Å². The number of carbonyl (C=O) groups excluding carboxylic acids is 1. The lowest BCUT2D eigenvalue weighted by Gasteiger charge is -2.09. The molecule has 34 heavy (non-hydrogen) atoms. The second kappa shape index (κ2) is 10.9. The highest BCUT2D eigenvalue weighted by Crippen LogP contribution is 2.36. The molecule has 0 fully saturated rings. The minimum atomic E-state index is -0.0490. The Bertz CT molecular complexity index is 1270. The molecule has 1 heterocycles. The predicted molar refractivity (Wildman–Crippen MR) is 143 cm³/mol. The van der Waals surface area contributed by atoms with Gasteiger partial charge in [0.05, 0.1) is 35.0 Å². The summed E-state index contributed by atoms with van der Waals surface area (Å²) < 4.78 is 5.41. The fourth-order valence-corrected chi connectivity index (χ4v) is 4.45. The number of rotatable bonds is 6. The number of ether oxygens (including phenoxy) is 1. The maximum atomic E-state index is 12.5. The number of thioether (sulfide) groups is 1. The van der Waals surface area contributed by atoms with Gasteiger partial charge in [-0.25, -0.2) is 4.99 Å². The Morgan fingerprint density at radius 1 is 1.03 bits per heavy atom. The van der Waals surface area contributed by atoms with Crippen LogP contribution in [0.15, 0.2) is 70.6 Å². The van der Waals surface area contributed by atoms with Gasteiger partial charge in [-0.15, -0.1) is 11.8 Å². The number of nitrogens with one attached hydrogen (secondary N) is 1. The van der Waals surface area contributed by atoms with E-state index in [0.29, 0.717) is 18.0 Å². The van der Waals surface area contributed by atoms with E-state index < -0.39 is 0 Å². The van der Waals surface area contributed by atoms with Crippen molar-refractivity contribution in [3.63, 3.8) is 0 Å². The average Bonchev–Trinajstić information content (AvgIpc) is 3.01. The van der Waals surface area contributed by atoms with Crippen molar-refractivity contribution in [1.29, 1.82) is 0 Å². The van der Waals surface area contributed by atoms with Gasteiger partial charge in [0.1, 0.15) is 5.75 Å². The van der Waals surface area contributed by atoms with E-state index in [0.717, 1.165) is 44.6 Å². The Morgan fingerprint density at radius 3 is 2.44 bits per heavy atom. The van der Waals surface area contributed by atoms with Gasteiger partial charge in [-0.2, -0.15) is 0 Å². The quantitative estimate of drug-likeness (QED) is 0.424. The van der Waals surface area contributed by atoms with Crippen LogP contribution in [-0.2, 0) is 11.3 Å². The van der Waals surface area contributed by atoms with Crippen LogP contribution in [0.4, 0.5) is 11.4 Å². The molecule has 5 nitrogen and oxygen atoms in total. The summed E-state index contributed by atoms with van der Waals surface area (Å²) >= 11 is 7.37. The highest BCUT2D eigenvalue weighted by atomic mass is 35.5. The highest BCUT2D eigenvalue weighted by Gasteiger charge is 2.18. The summed E-state index contributed by atoms with van der Waals surface area (Å²) in [6.07, 6.45) is 0.537. The molecule has 4 rings (SSSR count). The predicted octanol–water partition coefficient (Wildman–Crippen LogP) is 6.57. The first-order chi connectivity index (χ1) is 16.4. The van der Waals surface area contributed by atoms with Crippen molar-refractivity contribution < 1.29 is 9.53 Å². The van der Waals surface area contributed by atoms with Crippen molar-refractivity contribution in [2.45, 2.75) is 26.8 Å². The number of halogens is 1. The van der Waals surface area contributed by atoms with Crippen molar-refractivity contribution in [3.05, 3.63) is 87.9 Å². The van der Waals surface area contributed by atoms with Crippen LogP contribution in [0, 0.1) is 13.8 Å². The van der Waals surface area contributed by atoms with Crippen LogP contribution in [-0.4, -0.2) is 29.5 Å². The molecule has 0 aromatic heterocycles. The lowest BCUT2D eigenvalue weighted by atomic mass is 10.1. The van der Waals surface area contributed by atoms with Gasteiger partial charge in [0, 0.05) is 23.6 Å². The first kappa shape index (κ1) is 24.0. The van der Waals surface area contributed by atoms with Gasteiger partial charge < -0.3 is 10.1 Å². The van der Waals surface area contributed by atoms with Crippen molar-refractivity contribution in [2.75, 3.05) is 12.9 Å². The lowest BCUT2D eigenvalue weighted by Crippen LogP contribution is -2.25. The summed E-state index contributed by atoms with van der Waals surface area (Å²) in [7, 11) is 1.65. The molecular weight excluding hydrogens is 466 g/mol. The topological polar surface area (TPSA) is 63.1 Å². The van der Waals surface area contributed by atoms with E-state index in [9.17, 15) is 4.79 Å². The van der Waals surface area contributed by atoms with E-state index >= 15 is 0 Å². The highest BCUT2D eigenvalue weighted by molar-refractivity contribution is 8.14. The molecule has 0 spiro atoms. The van der Waals surface area contributed by atoms with Crippen LogP contribution in [0.3, 0.4) is 0 Å². The maximum Gasteiger partial charge on any atom is 0.230 e. The van der Waals surface area contributed by atoms with Crippen molar-refractivity contribution in [1.82, 2.24) is 5.32 Å². The number of hydrogen-bond acceptors (Lipinski definition) is 5. The standard InChI is InChI=1S/C27H26ClN3O2S/c1-17-11-24-25(12-18(17)2)31-27(14-23(30-24)20-5-4-6-22(13-20)33-3)34-16-26(32)29-15-19-7-9-21(28)10-8-19/h4-13H,14-16H2,1-3H3,(H,29,32). The van der Waals surface area contributed by atoms with Crippen molar-refractivity contribution >= 4 is 51.4 Å². The molecule has 174 valence electrons. The minimum absolute atomic E-state index is 0.0490. The smallest absolute Gasteiger partial charge is 0.230 e. The van der Waals surface area contributed by atoms with Crippen LogP contribution < -0.4 is 10.1 Å². The van der Waals surface area contributed by atoms with Crippen LogP contribution in [0.5, 0.6) is 5.75 Å². The van der Waals surface area contributed by atoms with E-state index in [1.165, 1.54) is 17.3 Å². The van der Waals surface area contributed by atoms with Gasteiger partial charge in [-0.1, -0.05) is 35.9 Å². The minimum Gasteiger partial charge on any atom is -0.497 e. The first-order valence-corrected chi connectivity index (χ1v) is 12.3. The molecule has 1 aliphatic heterocycles. The summed E-state index contributed by atoms with van der Waals surface area (Å²) in [6.45, 7) is 4.60. The molecule has 0 aliphatic carbocycles. The molecule has 1 amide bonds. The van der Waals surface area contributed by atoms with Gasteiger partial charge in [0.25, 0.3) is 0 Å². The summed E-state index contributed by atoms with van der Waals surface area (Å²) in [5.41, 5.74) is 6.86. The number of amides is 1. The Labute approximate surface area is 209 Å². The summed E-state index contributed by atoms with van der Waals surface area (Å²) in [5, 5.41) is 4.49. The Morgan fingerprint density at radius 2 is 1.74 bits per heavy atom. The molecular formula is C27H26ClN3O2S. The van der Waals surface area contributed by atoms with Gasteiger partial charge in [-0.05, 0) is 66.9 Å². The zero-order chi connectivity index (χ0) is 24.1. The van der Waals surface area contributed by atoms with E-state index in [2.05, 4.69) is 31.3 Å². The third-order valence-corrected chi connectivity index (χ3v) is 6.81. The van der Waals surface area contributed by atoms with E-state index in [-0.39, 0.29) is 11.7 Å². The number of nitrogens with zero attached hydrogens (tertiary/aromatic N) is 2. The second-order valence-corrected chi connectivity index (χ2v) is 9.57. The SMILES string of the molecule is COc1cccc(C2=Nc3cc(C)c(C)cc3N=C(SCC(=O)NCc3ccc(Cl)cc3)C2)c1. The van der Waals surface area contributed by atoms with Gasteiger partial charge in [0.2, 0.25) is 5.91 Å². The monoisotopic (exact) mass is 491 g/mol. The third kappa shape index (κ3) is 6.07. The Hall–Kier alpha value is -3.09. The number of carbonyl (C=O) groups is 1. The lowest BCUT2D eigenvalue weighted by molar-refractivity contribution is -0.118. The normalized spacial score (nSPS) is 12.8. The summed E-state index contributed by atoms with van der Waals surface area (Å²) in [5.74, 6) is 1.00. The Kier molecular flexibility index (Phi) is 7.70. The maximum absolute atomic E-state index is 12.5. The zero-order valence-corrected chi connectivity index (χ0v) is 21.0. The fourth-order valence-electron chi connectivity index (χ4n) is 3.52. The van der Waals surface area contributed by atoms with Gasteiger partial charge in [-0.3, -0.25) is 9.79 Å². The number of hydrogen-bond donors (Lipinski definition) is 1. The molecule has 0 radical (unpaired) electrons. The van der Waals surface area contributed by atoms with E-state index in [1.54, 1.807) is 7.11 Å². The number of benzene rings is 3. The van der Waals surface area contributed by atoms with Crippen molar-refractivity contribution in [2.24, 2.45) is 9.98 Å². The number of aryl methyl sites for hydroxylation is 2. The van der Waals surface area contributed by atoms with Gasteiger partial charge >= 0.3 is 0 Å². The molecule has 0 saturated carbocycles. The molecule has 0 atom stereocenters. The van der Waals surface area contributed by atoms with E-state index in [1.807, 2.05) is 48.5 Å². The molecule has 3 aromatic rings. The fraction of sp³-hybridized carbons (Fsp3) is 0.222. The average molecular weight is 492 g/mol. The second-order valence-electron chi connectivity index (χ2n) is 8.09. The Balaban J connectivity index is 1.53. The van der Waals surface area contributed by atoms with Crippen molar-refractivity contribution in [3.8, 4) is 5.75 Å².